The minimum Gasteiger partial charge on any atom is -0.493 e. The number of para-hydroxylation sites is 1. The summed E-state index contributed by atoms with van der Waals surface area (Å²) in [7, 11) is 1.50. The summed E-state index contributed by atoms with van der Waals surface area (Å²) in [5.41, 5.74) is 2.70. The number of hydrogen-bond acceptors (Lipinski definition) is 8. The Labute approximate surface area is 252 Å². The highest BCUT2D eigenvalue weighted by molar-refractivity contribution is 7.07. The molecule has 10 heteroatoms. The molecule has 1 aliphatic rings. The number of carbonyl (C=O) groups is 2. The number of anilines is 1. The molecule has 0 fully saturated rings. The Kier molecular flexibility index (Phi) is 8.87. The average Bonchev–Trinajstić information content (AvgIpc) is 3.29. The normalized spacial score (nSPS) is 14.6. The van der Waals surface area contributed by atoms with Gasteiger partial charge >= 0.3 is 5.97 Å². The minimum absolute atomic E-state index is 0.205. The third-order valence-electron chi connectivity index (χ3n) is 6.60. The van der Waals surface area contributed by atoms with Gasteiger partial charge in [-0.3, -0.25) is 14.2 Å². The second kappa shape index (κ2) is 12.9. The quantitative estimate of drug-likeness (QED) is 0.290. The molecule has 5 rings (SSSR count). The third-order valence-corrected chi connectivity index (χ3v) is 7.58. The van der Waals surface area contributed by atoms with Crippen molar-refractivity contribution in [2.45, 2.75) is 32.9 Å². The van der Waals surface area contributed by atoms with Crippen LogP contribution in [0.15, 0.2) is 99.9 Å². The van der Waals surface area contributed by atoms with Crippen LogP contribution in [0.5, 0.6) is 11.5 Å². The van der Waals surface area contributed by atoms with Crippen molar-refractivity contribution in [3.8, 4) is 11.5 Å². The van der Waals surface area contributed by atoms with Crippen molar-refractivity contribution < 1.29 is 23.8 Å². The van der Waals surface area contributed by atoms with Gasteiger partial charge in [-0.1, -0.05) is 65.9 Å². The van der Waals surface area contributed by atoms with E-state index in [0.29, 0.717) is 43.4 Å². The maximum absolute atomic E-state index is 13.9. The van der Waals surface area contributed by atoms with Gasteiger partial charge in [-0.2, -0.15) is 0 Å². The van der Waals surface area contributed by atoms with E-state index >= 15 is 0 Å². The summed E-state index contributed by atoms with van der Waals surface area (Å²) in [4.78, 5) is 44.5. The summed E-state index contributed by atoms with van der Waals surface area (Å²) in [6, 6.07) is 23.0. The maximum Gasteiger partial charge on any atom is 0.338 e. The topological polar surface area (TPSA) is 108 Å². The molecule has 1 aliphatic heterocycles. The summed E-state index contributed by atoms with van der Waals surface area (Å²) < 4.78 is 18.8. The Morgan fingerprint density at radius 3 is 2.40 bits per heavy atom. The van der Waals surface area contributed by atoms with Crippen molar-refractivity contribution >= 4 is 35.0 Å². The zero-order valence-corrected chi connectivity index (χ0v) is 25.0. The molecule has 1 amide bonds. The van der Waals surface area contributed by atoms with Crippen LogP contribution < -0.4 is 29.7 Å². The number of hydrogen-bond donors (Lipinski definition) is 1. The molecule has 0 radical (unpaired) electrons. The number of benzene rings is 3. The molecule has 220 valence electrons. The van der Waals surface area contributed by atoms with Gasteiger partial charge in [-0.05, 0) is 62.2 Å². The zero-order chi connectivity index (χ0) is 30.5. The number of carbonyl (C=O) groups excluding carboxylic acids is 2. The summed E-state index contributed by atoms with van der Waals surface area (Å²) in [5, 5.41) is 2.77. The molecule has 4 aromatic rings. The lowest BCUT2D eigenvalue weighted by molar-refractivity contribution is -0.143. The molecular weight excluding hydrogens is 566 g/mol. The molecule has 0 aliphatic carbocycles. The predicted octanol–water partition coefficient (Wildman–Crippen LogP) is 4.21. The van der Waals surface area contributed by atoms with E-state index in [-0.39, 0.29) is 24.2 Å². The minimum atomic E-state index is -0.682. The van der Waals surface area contributed by atoms with Crippen molar-refractivity contribution in [2.24, 2.45) is 4.99 Å². The molecule has 2 heterocycles. The fraction of sp³-hybridized carbons (Fsp3) is 0.212. The first-order valence-electron chi connectivity index (χ1n) is 13.7. The molecular formula is C33H31N3O6S. The van der Waals surface area contributed by atoms with Crippen LogP contribution in [0, 0.1) is 0 Å². The average molecular weight is 598 g/mol. The van der Waals surface area contributed by atoms with Crippen molar-refractivity contribution in [3.63, 3.8) is 0 Å². The van der Waals surface area contributed by atoms with Gasteiger partial charge in [0.2, 0.25) is 0 Å². The molecule has 1 aromatic heterocycles. The number of nitrogens with one attached hydrogen (secondary N) is 1. The second-order valence-electron chi connectivity index (χ2n) is 10.1. The highest BCUT2D eigenvalue weighted by Crippen LogP contribution is 2.31. The van der Waals surface area contributed by atoms with E-state index in [1.807, 2.05) is 48.5 Å². The van der Waals surface area contributed by atoms with E-state index in [4.69, 9.17) is 14.2 Å². The van der Waals surface area contributed by atoms with E-state index in [1.165, 1.54) is 18.4 Å². The molecule has 0 bridgehead atoms. The van der Waals surface area contributed by atoms with Crippen LogP contribution in [-0.2, 0) is 14.3 Å². The number of esters is 1. The Bertz CT molecular complexity index is 1860. The van der Waals surface area contributed by atoms with Crippen LogP contribution in [-0.4, -0.2) is 36.3 Å². The van der Waals surface area contributed by atoms with Gasteiger partial charge in [0.05, 0.1) is 35.1 Å². The Hall–Kier alpha value is -4.96. The lowest BCUT2D eigenvalue weighted by atomic mass is 9.96. The zero-order valence-electron chi connectivity index (χ0n) is 24.2. The van der Waals surface area contributed by atoms with E-state index < -0.39 is 12.0 Å². The van der Waals surface area contributed by atoms with Gasteiger partial charge in [-0.15, -0.1) is 0 Å². The van der Waals surface area contributed by atoms with Crippen LogP contribution in [0.25, 0.3) is 6.08 Å². The molecule has 0 saturated heterocycles. The molecule has 1 unspecified atom stereocenters. The smallest absolute Gasteiger partial charge is 0.338 e. The second-order valence-corrected chi connectivity index (χ2v) is 11.1. The number of fused-ring (bicyclic) bond motifs is 1. The SMILES string of the molecule is COc1cc(C=c2sc3n(c2=O)C(c2ccccc2)C(C(=O)OC(C)C)=C(C)N=3)ccc1OCC(=O)Nc1ccccc1. The number of nitrogens with zero attached hydrogens (tertiary/aromatic N) is 2. The Morgan fingerprint density at radius 2 is 1.72 bits per heavy atom. The number of thiazole rings is 1. The van der Waals surface area contributed by atoms with E-state index in [0.717, 1.165) is 5.56 Å². The van der Waals surface area contributed by atoms with Gasteiger partial charge in [0.1, 0.15) is 0 Å². The van der Waals surface area contributed by atoms with Gasteiger partial charge in [-0.25, -0.2) is 9.79 Å². The van der Waals surface area contributed by atoms with Crippen molar-refractivity contribution in [3.05, 3.63) is 121 Å². The Morgan fingerprint density at radius 1 is 1.02 bits per heavy atom. The fourth-order valence-electron chi connectivity index (χ4n) is 4.72. The molecule has 0 saturated carbocycles. The predicted molar refractivity (Wildman–Crippen MR) is 165 cm³/mol. The standard InChI is InChI=1S/C33H31N3O6S/c1-20(2)42-32(39)29-21(3)34-33-36(30(29)23-11-7-5-8-12-23)31(38)27(43-33)18-22-15-16-25(26(17-22)40-4)41-19-28(37)35-24-13-9-6-10-14-24/h5-18,20,30H,19H2,1-4H3,(H,35,37). The van der Waals surface area contributed by atoms with E-state index in [9.17, 15) is 14.4 Å². The summed E-state index contributed by atoms with van der Waals surface area (Å²) in [6.45, 7) is 5.12. The molecule has 9 nitrogen and oxygen atoms in total. The van der Waals surface area contributed by atoms with Crippen molar-refractivity contribution in [1.82, 2.24) is 4.57 Å². The molecule has 0 spiro atoms. The van der Waals surface area contributed by atoms with Crippen LogP contribution in [0.2, 0.25) is 0 Å². The lowest BCUT2D eigenvalue weighted by Gasteiger charge is -2.25. The van der Waals surface area contributed by atoms with Crippen LogP contribution >= 0.6 is 11.3 Å². The Balaban J connectivity index is 1.46. The van der Waals surface area contributed by atoms with Gasteiger partial charge in [0.15, 0.2) is 22.9 Å². The summed E-state index contributed by atoms with van der Waals surface area (Å²) in [6.07, 6.45) is 1.42. The lowest BCUT2D eigenvalue weighted by Crippen LogP contribution is -2.40. The molecule has 3 aromatic carbocycles. The first-order valence-corrected chi connectivity index (χ1v) is 14.5. The van der Waals surface area contributed by atoms with Gasteiger partial charge < -0.3 is 19.5 Å². The van der Waals surface area contributed by atoms with Crippen LogP contribution in [0.3, 0.4) is 0 Å². The first kappa shape index (κ1) is 29.5. The van der Waals surface area contributed by atoms with Crippen molar-refractivity contribution in [2.75, 3.05) is 19.0 Å². The molecule has 43 heavy (non-hydrogen) atoms. The number of aromatic nitrogens is 1. The molecule has 1 N–H and O–H groups in total. The highest BCUT2D eigenvalue weighted by Gasteiger charge is 2.33. The van der Waals surface area contributed by atoms with Crippen LogP contribution in [0.1, 0.15) is 37.9 Å². The number of methoxy groups -OCH3 is 1. The summed E-state index contributed by atoms with van der Waals surface area (Å²) >= 11 is 1.24. The fourth-order valence-corrected chi connectivity index (χ4v) is 5.76. The van der Waals surface area contributed by atoms with E-state index in [1.54, 1.807) is 61.7 Å². The number of amides is 1. The highest BCUT2D eigenvalue weighted by atomic mass is 32.1. The first-order chi connectivity index (χ1) is 20.7. The van der Waals surface area contributed by atoms with Gasteiger partial charge in [0.25, 0.3) is 11.5 Å². The number of rotatable bonds is 9. The van der Waals surface area contributed by atoms with Gasteiger partial charge in [0, 0.05) is 5.69 Å². The van der Waals surface area contributed by atoms with E-state index in [2.05, 4.69) is 10.3 Å². The largest absolute Gasteiger partial charge is 0.493 e. The van der Waals surface area contributed by atoms with Crippen LogP contribution in [0.4, 0.5) is 5.69 Å². The third kappa shape index (κ3) is 6.60. The molecule has 1 atom stereocenters. The number of ether oxygens (including phenoxy) is 3. The maximum atomic E-state index is 13.9. The summed E-state index contributed by atoms with van der Waals surface area (Å²) in [5.74, 6) is -0.0152. The number of allylic oxidation sites excluding steroid dienone is 1. The van der Waals surface area contributed by atoms with Crippen molar-refractivity contribution in [1.29, 1.82) is 0 Å². The monoisotopic (exact) mass is 597 g/mol.